The highest BCUT2D eigenvalue weighted by Gasteiger charge is 2.22. The van der Waals surface area contributed by atoms with E-state index in [-0.39, 0.29) is 29.7 Å². The number of hydrogen-bond acceptors (Lipinski definition) is 3. The molecule has 5 nitrogen and oxygen atoms in total. The molecule has 2 aromatic heterocycles. The fourth-order valence-electron chi connectivity index (χ4n) is 4.94. The van der Waals surface area contributed by atoms with E-state index in [1.165, 1.54) is 31.2 Å². The van der Waals surface area contributed by atoms with Crippen LogP contribution < -0.4 is 5.32 Å². The number of aromatic nitrogens is 2. The second-order valence-electron chi connectivity index (χ2n) is 9.71. The van der Waals surface area contributed by atoms with Gasteiger partial charge in [-0.3, -0.25) is 14.6 Å². The zero-order valence-electron chi connectivity index (χ0n) is 21.6. The van der Waals surface area contributed by atoms with Gasteiger partial charge >= 0.3 is 0 Å². The fraction of sp³-hybridized carbons (Fsp3) is 0.156. The SMILES string of the molecule is CC(=O)c1cccc(-c2cccnc2[C@H](Cc2cc(C)cc(F)c2)NC(=O)Cc2c[nH]c3ccc(F)cc23)c1. The minimum atomic E-state index is -0.599. The van der Waals surface area contributed by atoms with Crippen LogP contribution in [0.15, 0.2) is 85.2 Å². The van der Waals surface area contributed by atoms with Gasteiger partial charge in [0.25, 0.3) is 0 Å². The Kier molecular flexibility index (Phi) is 7.32. The number of amides is 1. The van der Waals surface area contributed by atoms with Gasteiger partial charge in [0.2, 0.25) is 5.91 Å². The minimum Gasteiger partial charge on any atom is -0.361 e. The number of nitrogens with one attached hydrogen (secondary N) is 2. The third-order valence-electron chi connectivity index (χ3n) is 6.71. The van der Waals surface area contributed by atoms with Gasteiger partial charge in [0.05, 0.1) is 18.2 Å². The highest BCUT2D eigenvalue weighted by atomic mass is 19.1. The summed E-state index contributed by atoms with van der Waals surface area (Å²) in [4.78, 5) is 33.1. The van der Waals surface area contributed by atoms with Gasteiger partial charge < -0.3 is 10.3 Å². The summed E-state index contributed by atoms with van der Waals surface area (Å²) in [6.45, 7) is 3.32. The van der Waals surface area contributed by atoms with Crippen LogP contribution in [0.1, 0.15) is 45.7 Å². The van der Waals surface area contributed by atoms with E-state index >= 15 is 0 Å². The molecule has 196 valence electrons. The number of fused-ring (bicyclic) bond motifs is 1. The maximum absolute atomic E-state index is 14.3. The number of ketones is 1. The molecular weight excluding hydrogens is 496 g/mol. The number of carbonyl (C=O) groups excluding carboxylic acids is 2. The van der Waals surface area contributed by atoms with Crippen LogP contribution in [0.3, 0.4) is 0 Å². The summed E-state index contributed by atoms with van der Waals surface area (Å²) in [5, 5.41) is 3.73. The van der Waals surface area contributed by atoms with Crippen molar-refractivity contribution >= 4 is 22.6 Å². The number of H-pyrrole nitrogens is 1. The van der Waals surface area contributed by atoms with Crippen molar-refractivity contribution in [3.63, 3.8) is 0 Å². The minimum absolute atomic E-state index is 0.0180. The number of nitrogens with zero attached hydrogens (tertiary/aromatic N) is 1. The van der Waals surface area contributed by atoms with E-state index in [1.54, 1.807) is 36.7 Å². The molecule has 1 atom stereocenters. The number of rotatable bonds is 8. The van der Waals surface area contributed by atoms with Gasteiger partial charge in [-0.1, -0.05) is 30.3 Å². The summed E-state index contributed by atoms with van der Waals surface area (Å²) in [6.07, 6.45) is 3.66. The predicted molar refractivity (Wildman–Crippen MR) is 147 cm³/mol. The summed E-state index contributed by atoms with van der Waals surface area (Å²) in [5.74, 6) is -1.08. The smallest absolute Gasteiger partial charge is 0.225 e. The largest absolute Gasteiger partial charge is 0.361 e. The second-order valence-corrected chi connectivity index (χ2v) is 9.71. The van der Waals surface area contributed by atoms with Crippen molar-refractivity contribution in [3.05, 3.63) is 125 Å². The van der Waals surface area contributed by atoms with Crippen molar-refractivity contribution in [3.8, 4) is 11.1 Å². The highest BCUT2D eigenvalue weighted by molar-refractivity contribution is 5.95. The Hall–Kier alpha value is -4.65. The fourth-order valence-corrected chi connectivity index (χ4v) is 4.94. The Balaban J connectivity index is 1.52. The van der Waals surface area contributed by atoms with Gasteiger partial charge in [-0.15, -0.1) is 0 Å². The van der Waals surface area contributed by atoms with E-state index in [1.807, 2.05) is 31.2 Å². The quantitative estimate of drug-likeness (QED) is 0.223. The molecule has 0 bridgehead atoms. The van der Waals surface area contributed by atoms with Gasteiger partial charge in [0.15, 0.2) is 5.78 Å². The third-order valence-corrected chi connectivity index (χ3v) is 6.71. The van der Waals surface area contributed by atoms with Gasteiger partial charge in [0.1, 0.15) is 11.6 Å². The average Bonchev–Trinajstić information content (AvgIpc) is 3.29. The van der Waals surface area contributed by atoms with Gasteiger partial charge in [-0.2, -0.15) is 0 Å². The molecular formula is C32H27F2N3O2. The first kappa shape index (κ1) is 26.0. The molecule has 0 radical (unpaired) electrons. The van der Waals surface area contributed by atoms with E-state index in [2.05, 4.69) is 15.3 Å². The molecule has 7 heteroatoms. The Labute approximate surface area is 224 Å². The molecule has 39 heavy (non-hydrogen) atoms. The van der Waals surface area contributed by atoms with E-state index in [0.717, 1.165) is 22.2 Å². The standard InChI is InChI=1S/C32H27F2N3O2/c1-19-11-21(13-26(34)12-19)14-30(37-31(39)16-24-18-36-29-9-8-25(33)17-28(24)29)32-27(7-4-10-35-32)23-6-3-5-22(15-23)20(2)38/h3-13,15,17-18,30,36H,14,16H2,1-2H3,(H,37,39)/t30-/m0/s1. The number of pyridine rings is 1. The van der Waals surface area contributed by atoms with E-state index in [9.17, 15) is 18.4 Å². The molecule has 0 saturated heterocycles. The summed E-state index contributed by atoms with van der Waals surface area (Å²) in [6, 6.07) is 19.5. The molecule has 3 aromatic carbocycles. The topological polar surface area (TPSA) is 74.8 Å². The molecule has 0 aliphatic carbocycles. The van der Waals surface area contributed by atoms with E-state index < -0.39 is 6.04 Å². The number of carbonyl (C=O) groups is 2. The second kappa shape index (κ2) is 11.0. The molecule has 0 aliphatic rings. The van der Waals surface area contributed by atoms with Crippen LogP contribution in [0.25, 0.3) is 22.0 Å². The first-order valence-corrected chi connectivity index (χ1v) is 12.6. The van der Waals surface area contributed by atoms with Gasteiger partial charge in [-0.05, 0) is 85.0 Å². The lowest BCUT2D eigenvalue weighted by Gasteiger charge is -2.22. The number of aryl methyl sites for hydroxylation is 1. The maximum Gasteiger partial charge on any atom is 0.225 e. The van der Waals surface area contributed by atoms with Crippen molar-refractivity contribution in [2.45, 2.75) is 32.7 Å². The highest BCUT2D eigenvalue weighted by Crippen LogP contribution is 2.30. The molecule has 0 unspecified atom stereocenters. The molecule has 1 amide bonds. The van der Waals surface area contributed by atoms with Crippen molar-refractivity contribution in [2.75, 3.05) is 0 Å². The zero-order valence-corrected chi connectivity index (χ0v) is 21.6. The first-order chi connectivity index (χ1) is 18.8. The number of halogens is 2. The normalized spacial score (nSPS) is 11.9. The van der Waals surface area contributed by atoms with Gasteiger partial charge in [-0.25, -0.2) is 8.78 Å². The van der Waals surface area contributed by atoms with Crippen LogP contribution in [-0.4, -0.2) is 21.7 Å². The van der Waals surface area contributed by atoms with Crippen molar-refractivity contribution in [1.82, 2.24) is 15.3 Å². The molecule has 2 heterocycles. The van der Waals surface area contributed by atoms with E-state index in [4.69, 9.17) is 0 Å². The van der Waals surface area contributed by atoms with Crippen LogP contribution in [0, 0.1) is 18.6 Å². The summed E-state index contributed by atoms with van der Waals surface area (Å²) in [7, 11) is 0. The maximum atomic E-state index is 14.3. The average molecular weight is 524 g/mol. The molecule has 0 saturated carbocycles. The Morgan fingerprint density at radius 3 is 2.62 bits per heavy atom. The third kappa shape index (κ3) is 5.93. The Morgan fingerprint density at radius 2 is 1.82 bits per heavy atom. The lowest BCUT2D eigenvalue weighted by Crippen LogP contribution is -2.32. The number of aromatic amines is 1. The summed E-state index contributed by atoms with van der Waals surface area (Å²) >= 11 is 0. The van der Waals surface area contributed by atoms with Crippen molar-refractivity contribution in [1.29, 1.82) is 0 Å². The summed E-state index contributed by atoms with van der Waals surface area (Å²) < 4.78 is 28.2. The lowest BCUT2D eigenvalue weighted by atomic mass is 9.93. The van der Waals surface area contributed by atoms with Gasteiger partial charge in [0, 0.05) is 34.4 Å². The van der Waals surface area contributed by atoms with Crippen LogP contribution in [0.2, 0.25) is 0 Å². The van der Waals surface area contributed by atoms with Crippen LogP contribution in [0.4, 0.5) is 8.78 Å². The molecule has 5 rings (SSSR count). The van der Waals surface area contributed by atoms with Crippen LogP contribution in [-0.2, 0) is 17.6 Å². The van der Waals surface area contributed by atoms with Crippen LogP contribution in [0.5, 0.6) is 0 Å². The molecule has 0 fully saturated rings. The monoisotopic (exact) mass is 523 g/mol. The first-order valence-electron chi connectivity index (χ1n) is 12.6. The predicted octanol–water partition coefficient (Wildman–Crippen LogP) is 6.66. The van der Waals surface area contributed by atoms with Crippen molar-refractivity contribution in [2.24, 2.45) is 0 Å². The number of Topliss-reactive ketones (excluding diaryl/α,β-unsaturated/α-hetero) is 1. The number of benzene rings is 3. The molecule has 0 aliphatic heterocycles. The molecule has 2 N–H and O–H groups in total. The Bertz CT molecular complexity index is 1670. The zero-order chi connectivity index (χ0) is 27.5. The lowest BCUT2D eigenvalue weighted by molar-refractivity contribution is -0.121. The molecule has 5 aromatic rings. The van der Waals surface area contributed by atoms with Crippen molar-refractivity contribution < 1.29 is 18.4 Å². The van der Waals surface area contributed by atoms with Crippen LogP contribution >= 0.6 is 0 Å². The molecule has 0 spiro atoms. The Morgan fingerprint density at radius 1 is 0.974 bits per heavy atom. The van der Waals surface area contributed by atoms with E-state index in [0.29, 0.717) is 34.2 Å². The number of hydrogen-bond donors (Lipinski definition) is 2. The summed E-state index contributed by atoms with van der Waals surface area (Å²) in [5.41, 5.74) is 5.59.